The summed E-state index contributed by atoms with van der Waals surface area (Å²) in [5.74, 6) is -3.77. The molecule has 3 rings (SSSR count). The van der Waals surface area contributed by atoms with E-state index in [0.717, 1.165) is 43.2 Å². The van der Waals surface area contributed by atoms with Gasteiger partial charge in [-0.1, -0.05) is 84.1 Å². The average Bonchev–Trinajstić information content (AvgIpc) is 3.09. The molecule has 51 heavy (non-hydrogen) atoms. The summed E-state index contributed by atoms with van der Waals surface area (Å²) >= 11 is 0. The minimum atomic E-state index is -4.97. The quantitative estimate of drug-likeness (QED) is 0.0957. The molecule has 1 aromatic rings. The number of fused-ring (bicyclic) bond motifs is 1. The van der Waals surface area contributed by atoms with Gasteiger partial charge in [-0.3, -0.25) is 28.5 Å². The number of hydrogen-bond acceptors (Lipinski definition) is 8. The molecule has 16 heteroatoms. The van der Waals surface area contributed by atoms with Gasteiger partial charge in [0.15, 0.2) is 0 Å². The average molecular weight is 737 g/mol. The third-order valence-electron chi connectivity index (χ3n) is 9.89. The summed E-state index contributed by atoms with van der Waals surface area (Å²) in [6.07, 6.45) is 5.85. The van der Waals surface area contributed by atoms with Crippen LogP contribution >= 0.6 is 7.82 Å². The van der Waals surface area contributed by atoms with E-state index >= 15 is 0 Å². The third-order valence-corrected chi connectivity index (χ3v) is 10.4. The first-order chi connectivity index (χ1) is 24.1. The number of carbonyl (C=O) groups excluding carboxylic acids is 5. The van der Waals surface area contributed by atoms with Crippen LogP contribution in [0.1, 0.15) is 96.6 Å². The van der Waals surface area contributed by atoms with Crippen LogP contribution in [0.25, 0.3) is 0 Å². The lowest BCUT2D eigenvalue weighted by Crippen LogP contribution is -2.58. The number of amides is 5. The lowest BCUT2D eigenvalue weighted by atomic mass is 9.80. The number of nitrogens with one attached hydrogen (secondary N) is 5. The number of phosphoric acid groups is 1. The summed E-state index contributed by atoms with van der Waals surface area (Å²) in [6, 6.07) is 3.68. The molecule has 0 radical (unpaired) electrons. The van der Waals surface area contributed by atoms with Gasteiger partial charge in [0, 0.05) is 24.9 Å². The van der Waals surface area contributed by atoms with Crippen LogP contribution in [0.2, 0.25) is 0 Å². The first-order valence-corrected chi connectivity index (χ1v) is 19.6. The predicted octanol–water partition coefficient (Wildman–Crippen LogP) is 1.69. The Morgan fingerprint density at radius 2 is 1.57 bits per heavy atom. The Balaban J connectivity index is 1.81. The molecule has 6 unspecified atom stereocenters. The molecule has 15 nitrogen and oxygen atoms in total. The highest BCUT2D eigenvalue weighted by molar-refractivity contribution is 7.46. The monoisotopic (exact) mass is 736 g/mol. The van der Waals surface area contributed by atoms with E-state index in [9.17, 15) is 38.3 Å². The van der Waals surface area contributed by atoms with Gasteiger partial charge >= 0.3 is 7.82 Å². The molecule has 1 aromatic carbocycles. The maximum atomic E-state index is 14.0. The molecule has 1 aliphatic carbocycles. The van der Waals surface area contributed by atoms with Crippen molar-refractivity contribution in [2.24, 2.45) is 23.5 Å². The van der Waals surface area contributed by atoms with Crippen molar-refractivity contribution < 1.29 is 42.8 Å². The Kier molecular flexibility index (Phi) is 16.5. The van der Waals surface area contributed by atoms with Crippen LogP contribution in [-0.2, 0) is 46.0 Å². The summed E-state index contributed by atoms with van der Waals surface area (Å²) in [5, 5.41) is 14.4. The first kappa shape index (κ1) is 42.1. The predicted molar refractivity (Wildman–Crippen MR) is 190 cm³/mol. The van der Waals surface area contributed by atoms with Gasteiger partial charge in [0.05, 0.1) is 12.6 Å². The largest absolute Gasteiger partial charge is 0.469 e. The summed E-state index contributed by atoms with van der Waals surface area (Å²) in [6.45, 7) is 6.94. The molecule has 286 valence electrons. The van der Waals surface area contributed by atoms with E-state index in [0.29, 0.717) is 19.4 Å². The highest BCUT2D eigenvalue weighted by atomic mass is 31.2. The van der Waals surface area contributed by atoms with E-state index in [-0.39, 0.29) is 37.0 Å². The number of phosphoric ester groups is 1. The SMILES string of the molecule is CCC(NC(=O)C(CC)NC(=O)CC(COP(=O)(O)O)C(CC1CCCCC1)NC(=O)C(NC(=O)C1Cc2ccccc2CN1)C(C)C)C(N)=O. The van der Waals surface area contributed by atoms with E-state index in [1.165, 1.54) is 0 Å². The van der Waals surface area contributed by atoms with Crippen LogP contribution in [0.3, 0.4) is 0 Å². The molecule has 0 saturated heterocycles. The minimum Gasteiger partial charge on any atom is -0.368 e. The molecule has 1 heterocycles. The van der Waals surface area contributed by atoms with Gasteiger partial charge < -0.3 is 42.1 Å². The van der Waals surface area contributed by atoms with Crippen LogP contribution in [0.5, 0.6) is 0 Å². The van der Waals surface area contributed by atoms with E-state index in [2.05, 4.69) is 26.6 Å². The van der Waals surface area contributed by atoms with Crippen LogP contribution in [0.4, 0.5) is 0 Å². The van der Waals surface area contributed by atoms with Crippen molar-refractivity contribution in [2.45, 2.75) is 129 Å². The van der Waals surface area contributed by atoms with Crippen molar-refractivity contribution in [1.82, 2.24) is 26.6 Å². The van der Waals surface area contributed by atoms with E-state index in [1.54, 1.807) is 13.8 Å². The number of benzene rings is 1. The van der Waals surface area contributed by atoms with E-state index < -0.39 is 74.2 Å². The molecule has 2 aliphatic rings. The zero-order valence-corrected chi connectivity index (χ0v) is 31.1. The number of carbonyl (C=O) groups is 5. The fraction of sp³-hybridized carbons (Fsp3) is 0.686. The van der Waals surface area contributed by atoms with Gasteiger partial charge in [-0.25, -0.2) is 4.57 Å². The summed E-state index contributed by atoms with van der Waals surface area (Å²) in [5.41, 5.74) is 7.53. The second-order valence-corrected chi connectivity index (χ2v) is 15.4. The minimum absolute atomic E-state index is 0.178. The van der Waals surface area contributed by atoms with Crippen molar-refractivity contribution in [3.8, 4) is 0 Å². The number of hydrogen-bond donors (Lipinski definition) is 8. The molecule has 1 saturated carbocycles. The van der Waals surface area contributed by atoms with Crippen molar-refractivity contribution in [3.63, 3.8) is 0 Å². The van der Waals surface area contributed by atoms with Gasteiger partial charge in [0.1, 0.15) is 18.1 Å². The maximum Gasteiger partial charge on any atom is 0.469 e. The molecule has 9 N–H and O–H groups in total. The Bertz CT molecular complexity index is 1400. The zero-order valence-electron chi connectivity index (χ0n) is 30.2. The number of primary amides is 1. The van der Waals surface area contributed by atoms with E-state index in [4.69, 9.17) is 10.3 Å². The fourth-order valence-corrected chi connectivity index (χ4v) is 7.24. The summed E-state index contributed by atoms with van der Waals surface area (Å²) < 4.78 is 16.8. The molecule has 6 atom stereocenters. The third kappa shape index (κ3) is 13.6. The van der Waals surface area contributed by atoms with Gasteiger partial charge in [-0.15, -0.1) is 0 Å². The molecule has 1 fully saturated rings. The molecule has 0 aromatic heterocycles. The van der Waals surface area contributed by atoms with Crippen molar-refractivity contribution in [3.05, 3.63) is 35.4 Å². The summed E-state index contributed by atoms with van der Waals surface area (Å²) in [4.78, 5) is 84.7. The molecule has 5 amide bonds. The zero-order chi connectivity index (χ0) is 37.7. The second kappa shape index (κ2) is 20.0. The fourth-order valence-electron chi connectivity index (χ4n) is 6.85. The van der Waals surface area contributed by atoms with Crippen LogP contribution in [0, 0.1) is 17.8 Å². The lowest BCUT2D eigenvalue weighted by Gasteiger charge is -2.34. The topological polar surface area (TPSA) is 238 Å². The normalized spacial score (nSPS) is 19.5. The maximum absolute atomic E-state index is 14.0. The smallest absolute Gasteiger partial charge is 0.368 e. The van der Waals surface area contributed by atoms with Gasteiger partial charge in [-0.2, -0.15) is 0 Å². The van der Waals surface area contributed by atoms with Crippen molar-refractivity contribution in [2.75, 3.05) is 6.61 Å². The van der Waals surface area contributed by atoms with Gasteiger partial charge in [0.25, 0.3) is 0 Å². The molecular formula is C35H57N6O9P. The number of nitrogens with two attached hydrogens (primary N) is 1. The Labute approximate surface area is 300 Å². The van der Waals surface area contributed by atoms with E-state index in [1.807, 2.05) is 38.1 Å². The van der Waals surface area contributed by atoms with Gasteiger partial charge in [-0.05, 0) is 48.6 Å². The Hall–Kier alpha value is -3.36. The Morgan fingerprint density at radius 3 is 2.16 bits per heavy atom. The molecular weight excluding hydrogens is 679 g/mol. The standard InChI is InChI=1S/C35H57N6O9P/c1-5-26(32(36)43)39-33(44)27(6-2)38-30(42)18-25(20-50-51(47,48)49)28(16-22-12-8-7-9-13-22)40-35(46)31(21(3)4)41-34(45)29-17-23-14-10-11-15-24(23)19-37-29/h10-11,14-15,21-22,25-29,31,37H,5-9,12-13,16-20H2,1-4H3,(H2,36,43)(H,38,42)(H,39,44)(H,40,46)(H,41,45)(H2,47,48,49). The lowest BCUT2D eigenvalue weighted by molar-refractivity contribution is -0.133. The number of rotatable bonds is 19. The van der Waals surface area contributed by atoms with Gasteiger partial charge in [0.2, 0.25) is 29.5 Å². The molecule has 0 spiro atoms. The van der Waals surface area contributed by atoms with Crippen molar-refractivity contribution >= 4 is 37.4 Å². The highest BCUT2D eigenvalue weighted by Crippen LogP contribution is 2.38. The molecule has 1 aliphatic heterocycles. The first-order valence-electron chi connectivity index (χ1n) is 18.1. The van der Waals surface area contributed by atoms with Crippen LogP contribution in [0.15, 0.2) is 24.3 Å². The Morgan fingerprint density at radius 1 is 0.922 bits per heavy atom. The van der Waals surface area contributed by atoms with Crippen LogP contribution < -0.4 is 32.3 Å². The van der Waals surface area contributed by atoms with Crippen molar-refractivity contribution in [1.29, 1.82) is 0 Å². The highest BCUT2D eigenvalue weighted by Gasteiger charge is 2.36. The molecule has 0 bridgehead atoms. The summed E-state index contributed by atoms with van der Waals surface area (Å²) in [7, 11) is -4.97. The second-order valence-electron chi connectivity index (χ2n) is 14.1. The van der Waals surface area contributed by atoms with Crippen LogP contribution in [-0.4, -0.2) is 76.1 Å².